The SMILES string of the molecule is NC(=O)c1ccc(N=C(c2ccccc2)C2C(=O)Nc3ccccc32)cc1. The molecule has 1 aliphatic rings. The largest absolute Gasteiger partial charge is 0.366 e. The second-order valence-electron chi connectivity index (χ2n) is 6.28. The highest BCUT2D eigenvalue weighted by molar-refractivity contribution is 6.24. The molecule has 0 aliphatic carbocycles. The Morgan fingerprint density at radius 1 is 0.852 bits per heavy atom. The molecule has 3 aromatic carbocycles. The van der Waals surface area contributed by atoms with Crippen LogP contribution in [0.2, 0.25) is 0 Å². The Labute approximate surface area is 156 Å². The number of rotatable bonds is 4. The lowest BCUT2D eigenvalue weighted by atomic mass is 9.90. The molecular weight excluding hydrogens is 338 g/mol. The topological polar surface area (TPSA) is 84.6 Å². The molecule has 3 aromatic rings. The standard InChI is InChI=1S/C22H17N3O2/c23-21(26)15-10-12-16(13-11-15)24-20(14-6-2-1-3-7-14)19-17-8-4-5-9-18(17)25-22(19)27/h1-13,19H,(H2,23,26)(H,25,27). The van der Waals surface area contributed by atoms with Gasteiger partial charge in [0.25, 0.3) is 0 Å². The molecule has 0 saturated heterocycles. The molecule has 0 spiro atoms. The van der Waals surface area contributed by atoms with Crippen molar-refractivity contribution in [2.75, 3.05) is 5.32 Å². The lowest BCUT2D eigenvalue weighted by Crippen LogP contribution is -2.21. The molecule has 0 bridgehead atoms. The van der Waals surface area contributed by atoms with Gasteiger partial charge in [-0.1, -0.05) is 48.5 Å². The van der Waals surface area contributed by atoms with Gasteiger partial charge in [0.05, 0.1) is 11.4 Å². The summed E-state index contributed by atoms with van der Waals surface area (Å²) in [5.74, 6) is -1.09. The van der Waals surface area contributed by atoms with Gasteiger partial charge >= 0.3 is 0 Å². The zero-order valence-corrected chi connectivity index (χ0v) is 14.4. The highest BCUT2D eigenvalue weighted by Gasteiger charge is 2.35. The fourth-order valence-electron chi connectivity index (χ4n) is 3.22. The minimum atomic E-state index is -0.501. The van der Waals surface area contributed by atoms with Gasteiger partial charge in [-0.15, -0.1) is 0 Å². The average Bonchev–Trinajstić information content (AvgIpc) is 3.03. The van der Waals surface area contributed by atoms with Crippen LogP contribution in [0.25, 0.3) is 0 Å². The maximum Gasteiger partial charge on any atom is 0.248 e. The summed E-state index contributed by atoms with van der Waals surface area (Å²) < 4.78 is 0. The number of anilines is 1. The van der Waals surface area contributed by atoms with E-state index in [0.29, 0.717) is 17.0 Å². The van der Waals surface area contributed by atoms with E-state index in [0.717, 1.165) is 16.8 Å². The van der Waals surface area contributed by atoms with Crippen LogP contribution in [-0.2, 0) is 4.79 Å². The van der Waals surface area contributed by atoms with Crippen molar-refractivity contribution in [3.63, 3.8) is 0 Å². The number of nitrogens with zero attached hydrogens (tertiary/aromatic N) is 1. The predicted octanol–water partition coefficient (Wildman–Crippen LogP) is 3.64. The van der Waals surface area contributed by atoms with Gasteiger partial charge in [0.15, 0.2) is 0 Å². The summed E-state index contributed by atoms with van der Waals surface area (Å²) in [6, 6.07) is 24.0. The van der Waals surface area contributed by atoms with Crippen molar-refractivity contribution in [2.45, 2.75) is 5.92 Å². The number of nitrogens with two attached hydrogens (primary N) is 1. The Bertz CT molecular complexity index is 1040. The number of amides is 2. The molecule has 1 heterocycles. The molecule has 132 valence electrons. The molecule has 1 atom stereocenters. The third-order valence-electron chi connectivity index (χ3n) is 4.54. The molecule has 0 saturated carbocycles. The summed E-state index contributed by atoms with van der Waals surface area (Å²) in [6.07, 6.45) is 0. The maximum atomic E-state index is 12.7. The van der Waals surface area contributed by atoms with E-state index in [1.165, 1.54) is 0 Å². The summed E-state index contributed by atoms with van der Waals surface area (Å²) in [5.41, 5.74) is 9.60. The van der Waals surface area contributed by atoms with E-state index >= 15 is 0 Å². The van der Waals surface area contributed by atoms with E-state index in [4.69, 9.17) is 10.7 Å². The number of benzene rings is 3. The fraction of sp³-hybridized carbons (Fsp3) is 0.0455. The first-order chi connectivity index (χ1) is 13.1. The minimum absolute atomic E-state index is 0.104. The van der Waals surface area contributed by atoms with Gasteiger partial charge in [0.2, 0.25) is 11.8 Å². The number of para-hydroxylation sites is 1. The minimum Gasteiger partial charge on any atom is -0.366 e. The third-order valence-corrected chi connectivity index (χ3v) is 4.54. The zero-order valence-electron chi connectivity index (χ0n) is 14.4. The monoisotopic (exact) mass is 355 g/mol. The van der Waals surface area contributed by atoms with Gasteiger partial charge in [0, 0.05) is 11.3 Å². The van der Waals surface area contributed by atoms with Gasteiger partial charge in [-0.25, -0.2) is 0 Å². The first-order valence-electron chi connectivity index (χ1n) is 8.57. The van der Waals surface area contributed by atoms with Crippen molar-refractivity contribution in [1.82, 2.24) is 0 Å². The molecule has 1 aliphatic heterocycles. The molecule has 0 radical (unpaired) electrons. The maximum absolute atomic E-state index is 12.7. The summed E-state index contributed by atoms with van der Waals surface area (Å²) in [5, 5.41) is 2.93. The lowest BCUT2D eigenvalue weighted by molar-refractivity contribution is -0.115. The number of hydrogen-bond donors (Lipinski definition) is 2. The highest BCUT2D eigenvalue weighted by atomic mass is 16.2. The van der Waals surface area contributed by atoms with Crippen LogP contribution in [0.1, 0.15) is 27.4 Å². The molecule has 0 aromatic heterocycles. The van der Waals surface area contributed by atoms with Crippen molar-refractivity contribution in [1.29, 1.82) is 0 Å². The van der Waals surface area contributed by atoms with Crippen LogP contribution in [0.3, 0.4) is 0 Å². The van der Waals surface area contributed by atoms with Crippen LogP contribution in [0.5, 0.6) is 0 Å². The molecule has 4 rings (SSSR count). The summed E-state index contributed by atoms with van der Waals surface area (Å²) in [4.78, 5) is 28.8. The van der Waals surface area contributed by atoms with Crippen molar-refractivity contribution < 1.29 is 9.59 Å². The van der Waals surface area contributed by atoms with E-state index in [9.17, 15) is 9.59 Å². The highest BCUT2D eigenvalue weighted by Crippen LogP contribution is 2.36. The Balaban J connectivity index is 1.83. The van der Waals surface area contributed by atoms with Gasteiger partial charge in [0.1, 0.15) is 5.92 Å². The Morgan fingerprint density at radius 2 is 1.52 bits per heavy atom. The van der Waals surface area contributed by atoms with E-state index in [2.05, 4.69) is 5.32 Å². The van der Waals surface area contributed by atoms with E-state index in [-0.39, 0.29) is 5.91 Å². The average molecular weight is 355 g/mol. The van der Waals surface area contributed by atoms with Crippen molar-refractivity contribution in [3.05, 3.63) is 95.6 Å². The van der Waals surface area contributed by atoms with Crippen LogP contribution in [0, 0.1) is 0 Å². The predicted molar refractivity (Wildman–Crippen MR) is 105 cm³/mol. The summed E-state index contributed by atoms with van der Waals surface area (Å²) >= 11 is 0. The second kappa shape index (κ2) is 6.88. The Kier molecular flexibility index (Phi) is 4.26. The van der Waals surface area contributed by atoms with E-state index in [1.54, 1.807) is 24.3 Å². The number of aliphatic imine (C=N–C) groups is 1. The fourth-order valence-corrected chi connectivity index (χ4v) is 3.22. The molecule has 0 fully saturated rings. The quantitative estimate of drug-likeness (QED) is 0.700. The summed E-state index contributed by atoms with van der Waals surface area (Å²) in [7, 11) is 0. The van der Waals surface area contributed by atoms with Gasteiger partial charge < -0.3 is 11.1 Å². The first-order valence-corrected chi connectivity index (χ1v) is 8.57. The number of primary amides is 1. The molecule has 1 unspecified atom stereocenters. The number of nitrogens with one attached hydrogen (secondary N) is 1. The van der Waals surface area contributed by atoms with Gasteiger partial charge in [-0.05, 0) is 41.5 Å². The molecule has 5 nitrogen and oxygen atoms in total. The van der Waals surface area contributed by atoms with Crippen molar-refractivity contribution in [2.24, 2.45) is 10.7 Å². The smallest absolute Gasteiger partial charge is 0.248 e. The third kappa shape index (κ3) is 3.22. The van der Waals surface area contributed by atoms with Crippen LogP contribution in [0.4, 0.5) is 11.4 Å². The van der Waals surface area contributed by atoms with Crippen LogP contribution in [0.15, 0.2) is 83.9 Å². The molecule has 5 heteroatoms. The van der Waals surface area contributed by atoms with Crippen molar-refractivity contribution in [3.8, 4) is 0 Å². The Hall–Kier alpha value is -3.73. The number of carbonyl (C=O) groups is 2. The number of carbonyl (C=O) groups excluding carboxylic acids is 2. The van der Waals surface area contributed by atoms with E-state index in [1.807, 2.05) is 54.6 Å². The molecule has 3 N–H and O–H groups in total. The van der Waals surface area contributed by atoms with E-state index < -0.39 is 11.8 Å². The number of hydrogen-bond acceptors (Lipinski definition) is 3. The first kappa shape index (κ1) is 16.7. The second-order valence-corrected chi connectivity index (χ2v) is 6.28. The van der Waals surface area contributed by atoms with Crippen LogP contribution in [-0.4, -0.2) is 17.5 Å². The summed E-state index contributed by atoms with van der Waals surface area (Å²) in [6.45, 7) is 0. The Morgan fingerprint density at radius 3 is 2.22 bits per heavy atom. The van der Waals surface area contributed by atoms with Crippen LogP contribution < -0.4 is 11.1 Å². The van der Waals surface area contributed by atoms with Gasteiger partial charge in [-0.3, -0.25) is 14.6 Å². The molecule has 2 amide bonds. The van der Waals surface area contributed by atoms with Crippen LogP contribution >= 0.6 is 0 Å². The lowest BCUT2D eigenvalue weighted by Gasteiger charge is -2.14. The number of fused-ring (bicyclic) bond motifs is 1. The zero-order chi connectivity index (χ0) is 18.8. The normalized spacial score (nSPS) is 15.9. The van der Waals surface area contributed by atoms with Crippen molar-refractivity contribution >= 4 is 28.9 Å². The molecule has 27 heavy (non-hydrogen) atoms. The molecular formula is C22H17N3O2. The van der Waals surface area contributed by atoms with Gasteiger partial charge in [-0.2, -0.15) is 0 Å².